The number of carbonyl (C=O) groups is 2. The molecule has 0 bridgehead atoms. The van der Waals surface area contributed by atoms with Crippen molar-refractivity contribution in [1.82, 2.24) is 10.2 Å². The number of hydrogen-bond donors (Lipinski definition) is 2. The Labute approximate surface area is 126 Å². The highest BCUT2D eigenvalue weighted by atomic mass is 16.4. The second-order valence-corrected chi connectivity index (χ2v) is 5.40. The SMILES string of the molecule is CCCC1=CC=C(CCC(=O)NCCC(=O)O)N(C)CC1. The van der Waals surface area contributed by atoms with E-state index >= 15 is 0 Å². The molecule has 0 saturated carbocycles. The van der Waals surface area contributed by atoms with Gasteiger partial charge in [0.15, 0.2) is 0 Å². The van der Waals surface area contributed by atoms with E-state index in [4.69, 9.17) is 5.11 Å². The summed E-state index contributed by atoms with van der Waals surface area (Å²) in [7, 11) is 2.05. The molecule has 1 aliphatic heterocycles. The number of allylic oxidation sites excluding steroid dienone is 3. The standard InChI is InChI=1S/C16H26N2O3/c1-3-4-13-5-6-14(18(2)12-10-13)7-8-15(19)17-11-9-16(20)21/h5-6H,3-4,7-12H2,1-2H3,(H,17,19)(H,20,21). The van der Waals surface area contributed by atoms with E-state index in [1.54, 1.807) is 0 Å². The molecule has 21 heavy (non-hydrogen) atoms. The highest BCUT2D eigenvalue weighted by molar-refractivity contribution is 5.77. The van der Waals surface area contributed by atoms with Crippen LogP contribution in [0.4, 0.5) is 0 Å². The second kappa shape index (κ2) is 9.21. The lowest BCUT2D eigenvalue weighted by Crippen LogP contribution is -2.27. The van der Waals surface area contributed by atoms with Gasteiger partial charge in [0.1, 0.15) is 0 Å². The van der Waals surface area contributed by atoms with Gasteiger partial charge in [-0.05, 0) is 25.3 Å². The zero-order valence-corrected chi connectivity index (χ0v) is 13.0. The van der Waals surface area contributed by atoms with E-state index in [-0.39, 0.29) is 18.9 Å². The molecule has 1 heterocycles. The van der Waals surface area contributed by atoms with E-state index < -0.39 is 5.97 Å². The monoisotopic (exact) mass is 294 g/mol. The second-order valence-electron chi connectivity index (χ2n) is 5.40. The molecular formula is C16H26N2O3. The van der Waals surface area contributed by atoms with E-state index in [9.17, 15) is 9.59 Å². The Bertz CT molecular complexity index is 427. The van der Waals surface area contributed by atoms with E-state index in [1.165, 1.54) is 5.57 Å². The van der Waals surface area contributed by atoms with Crippen LogP contribution in [-0.4, -0.2) is 42.0 Å². The molecule has 1 aliphatic rings. The first-order valence-corrected chi connectivity index (χ1v) is 7.61. The van der Waals surface area contributed by atoms with Crippen LogP contribution in [0.2, 0.25) is 0 Å². The van der Waals surface area contributed by atoms with Crippen molar-refractivity contribution < 1.29 is 14.7 Å². The lowest BCUT2D eigenvalue weighted by molar-refractivity contribution is -0.136. The molecule has 118 valence electrons. The topological polar surface area (TPSA) is 69.6 Å². The predicted octanol–water partition coefficient (Wildman–Crippen LogP) is 2.30. The molecule has 0 atom stereocenters. The summed E-state index contributed by atoms with van der Waals surface area (Å²) in [5.41, 5.74) is 2.62. The quantitative estimate of drug-likeness (QED) is 0.720. The largest absolute Gasteiger partial charge is 0.481 e. The molecule has 5 nitrogen and oxygen atoms in total. The van der Waals surface area contributed by atoms with Gasteiger partial charge in [0, 0.05) is 32.3 Å². The molecule has 1 amide bonds. The van der Waals surface area contributed by atoms with Crippen molar-refractivity contribution >= 4 is 11.9 Å². The third-order valence-electron chi connectivity index (χ3n) is 3.61. The van der Waals surface area contributed by atoms with Crippen molar-refractivity contribution in [1.29, 1.82) is 0 Å². The summed E-state index contributed by atoms with van der Waals surface area (Å²) < 4.78 is 0. The first-order valence-electron chi connectivity index (χ1n) is 7.61. The van der Waals surface area contributed by atoms with Crippen LogP contribution in [0.3, 0.4) is 0 Å². The predicted molar refractivity (Wildman–Crippen MR) is 82.8 cm³/mol. The fraction of sp³-hybridized carbons (Fsp3) is 0.625. The van der Waals surface area contributed by atoms with Crippen LogP contribution in [-0.2, 0) is 9.59 Å². The molecule has 0 radical (unpaired) electrons. The number of carboxylic acids is 1. The molecule has 0 aromatic heterocycles. The summed E-state index contributed by atoms with van der Waals surface area (Å²) in [6.07, 6.45) is 8.72. The summed E-state index contributed by atoms with van der Waals surface area (Å²) in [6.45, 7) is 3.36. The molecule has 5 heteroatoms. The lowest BCUT2D eigenvalue weighted by atomic mass is 10.1. The molecule has 1 rings (SSSR count). The van der Waals surface area contributed by atoms with Crippen LogP contribution in [0.5, 0.6) is 0 Å². The Hall–Kier alpha value is -1.78. The summed E-state index contributed by atoms with van der Waals surface area (Å²) in [5, 5.41) is 11.2. The highest BCUT2D eigenvalue weighted by Gasteiger charge is 2.11. The van der Waals surface area contributed by atoms with Crippen molar-refractivity contribution in [2.75, 3.05) is 20.1 Å². The Morgan fingerprint density at radius 2 is 2.05 bits per heavy atom. The van der Waals surface area contributed by atoms with Gasteiger partial charge in [0.25, 0.3) is 0 Å². The lowest BCUT2D eigenvalue weighted by Gasteiger charge is -2.21. The molecule has 0 aromatic rings. The van der Waals surface area contributed by atoms with Crippen molar-refractivity contribution in [3.05, 3.63) is 23.4 Å². The van der Waals surface area contributed by atoms with Gasteiger partial charge in [-0.15, -0.1) is 0 Å². The van der Waals surface area contributed by atoms with Crippen molar-refractivity contribution in [2.45, 2.75) is 45.4 Å². The maximum absolute atomic E-state index is 11.7. The van der Waals surface area contributed by atoms with Crippen LogP contribution in [0, 0.1) is 0 Å². The Kier molecular flexibility index (Phi) is 7.58. The summed E-state index contributed by atoms with van der Waals surface area (Å²) in [4.78, 5) is 24.2. The van der Waals surface area contributed by atoms with E-state index in [2.05, 4.69) is 36.3 Å². The minimum absolute atomic E-state index is 0.0303. The van der Waals surface area contributed by atoms with Crippen LogP contribution in [0.1, 0.15) is 45.4 Å². The van der Waals surface area contributed by atoms with Crippen LogP contribution in [0.15, 0.2) is 23.4 Å². The fourth-order valence-corrected chi connectivity index (χ4v) is 2.32. The number of amides is 1. The number of carboxylic acid groups (broad SMARTS) is 1. The molecule has 0 fully saturated rings. The maximum Gasteiger partial charge on any atom is 0.305 e. The highest BCUT2D eigenvalue weighted by Crippen LogP contribution is 2.19. The third-order valence-corrected chi connectivity index (χ3v) is 3.61. The van der Waals surface area contributed by atoms with Crippen LogP contribution >= 0.6 is 0 Å². The summed E-state index contributed by atoms with van der Waals surface area (Å²) >= 11 is 0. The number of nitrogens with one attached hydrogen (secondary N) is 1. The average Bonchev–Trinajstić information content (AvgIpc) is 2.59. The zero-order valence-electron chi connectivity index (χ0n) is 13.0. The Morgan fingerprint density at radius 1 is 1.29 bits per heavy atom. The van der Waals surface area contributed by atoms with Gasteiger partial charge in [-0.2, -0.15) is 0 Å². The smallest absolute Gasteiger partial charge is 0.305 e. The van der Waals surface area contributed by atoms with Gasteiger partial charge in [0.2, 0.25) is 5.91 Å². The van der Waals surface area contributed by atoms with E-state index in [0.717, 1.165) is 31.5 Å². The minimum Gasteiger partial charge on any atom is -0.481 e. The molecule has 0 saturated heterocycles. The molecular weight excluding hydrogens is 268 g/mol. The van der Waals surface area contributed by atoms with Gasteiger partial charge >= 0.3 is 5.97 Å². The Balaban J connectivity index is 2.41. The maximum atomic E-state index is 11.7. The van der Waals surface area contributed by atoms with E-state index in [1.807, 2.05) is 0 Å². The van der Waals surface area contributed by atoms with Gasteiger partial charge in [-0.3, -0.25) is 9.59 Å². The number of nitrogens with zero attached hydrogens (tertiary/aromatic N) is 1. The van der Waals surface area contributed by atoms with E-state index in [0.29, 0.717) is 12.8 Å². The zero-order chi connectivity index (χ0) is 15.7. The third kappa shape index (κ3) is 6.97. The molecule has 0 unspecified atom stereocenters. The number of carbonyl (C=O) groups excluding carboxylic acids is 1. The Morgan fingerprint density at radius 3 is 2.71 bits per heavy atom. The molecule has 0 aliphatic carbocycles. The summed E-state index contributed by atoms with van der Waals surface area (Å²) in [6, 6.07) is 0. The summed E-state index contributed by atoms with van der Waals surface area (Å²) in [5.74, 6) is -0.984. The molecule has 0 spiro atoms. The van der Waals surface area contributed by atoms with Gasteiger partial charge < -0.3 is 15.3 Å². The first kappa shape index (κ1) is 17.3. The average molecular weight is 294 g/mol. The van der Waals surface area contributed by atoms with Crippen molar-refractivity contribution in [2.24, 2.45) is 0 Å². The minimum atomic E-state index is -0.893. The number of hydrogen-bond acceptors (Lipinski definition) is 3. The van der Waals surface area contributed by atoms with Gasteiger partial charge in [0.05, 0.1) is 6.42 Å². The number of aliphatic carboxylic acids is 1. The van der Waals surface area contributed by atoms with Crippen LogP contribution < -0.4 is 5.32 Å². The van der Waals surface area contributed by atoms with Crippen molar-refractivity contribution in [3.63, 3.8) is 0 Å². The fourth-order valence-electron chi connectivity index (χ4n) is 2.32. The van der Waals surface area contributed by atoms with Crippen molar-refractivity contribution in [3.8, 4) is 0 Å². The first-order chi connectivity index (χ1) is 10.0. The van der Waals surface area contributed by atoms with Gasteiger partial charge in [-0.25, -0.2) is 0 Å². The number of rotatable bonds is 8. The van der Waals surface area contributed by atoms with Gasteiger partial charge in [-0.1, -0.05) is 25.0 Å². The van der Waals surface area contributed by atoms with Crippen LogP contribution in [0.25, 0.3) is 0 Å². The molecule has 2 N–H and O–H groups in total. The molecule has 0 aromatic carbocycles. The normalized spacial score (nSPS) is 15.0.